The van der Waals surface area contributed by atoms with Gasteiger partial charge in [-0.1, -0.05) is 28.8 Å². The van der Waals surface area contributed by atoms with E-state index in [1.165, 1.54) is 6.07 Å². The summed E-state index contributed by atoms with van der Waals surface area (Å²) in [4.78, 5) is 11.0. The lowest BCUT2D eigenvalue weighted by Crippen LogP contribution is -2.23. The second-order valence-corrected chi connectivity index (χ2v) is 6.83. The molecule has 1 aromatic carbocycles. The minimum absolute atomic E-state index is 0.0249. The third-order valence-corrected chi connectivity index (χ3v) is 4.41. The summed E-state index contributed by atoms with van der Waals surface area (Å²) in [6.45, 7) is -0.0920. The van der Waals surface area contributed by atoms with Crippen LogP contribution in [0.2, 0.25) is 5.02 Å². The fourth-order valence-corrected chi connectivity index (χ4v) is 3.00. The van der Waals surface area contributed by atoms with Gasteiger partial charge in [0.1, 0.15) is 5.88 Å². The highest BCUT2D eigenvalue weighted by Gasteiger charge is 2.23. The summed E-state index contributed by atoms with van der Waals surface area (Å²) in [5.41, 5.74) is 0.502. The van der Waals surface area contributed by atoms with Crippen LogP contribution in [-0.2, 0) is 26.9 Å². The molecule has 0 aliphatic heterocycles. The Morgan fingerprint density at radius 3 is 2.77 bits per heavy atom. The Labute approximate surface area is 136 Å². The third-order valence-electron chi connectivity index (χ3n) is 2.52. The molecule has 0 saturated carbocycles. The number of nitrogens with one attached hydrogen (secondary N) is 1. The first kappa shape index (κ1) is 16.7. The molecular weight excluding hydrogens is 353 g/mol. The van der Waals surface area contributed by atoms with Gasteiger partial charge in [0.05, 0.1) is 12.3 Å². The molecule has 2 rings (SSSR count). The number of hydrogen-bond acceptors (Lipinski definition) is 6. The molecule has 0 aliphatic carbocycles. The van der Waals surface area contributed by atoms with Gasteiger partial charge in [0.15, 0.2) is 0 Å². The summed E-state index contributed by atoms with van der Waals surface area (Å²) in [5.74, 6) is -0.983. The molecule has 1 N–H and O–H groups in total. The maximum absolute atomic E-state index is 12.2. The Bertz CT molecular complexity index is 776. The molecule has 0 radical (unpaired) electrons. The van der Waals surface area contributed by atoms with Crippen LogP contribution < -0.4 is 5.32 Å². The molecule has 1 amide bonds. The van der Waals surface area contributed by atoms with Crippen molar-refractivity contribution >= 4 is 38.9 Å². The number of sulfone groups is 1. The molecular formula is C12H11Cl2N3O4S. The third kappa shape index (κ3) is 4.43. The second kappa shape index (κ2) is 7.08. The molecule has 0 saturated heterocycles. The Morgan fingerprint density at radius 1 is 1.32 bits per heavy atom. The van der Waals surface area contributed by atoms with E-state index in [4.69, 9.17) is 27.6 Å². The van der Waals surface area contributed by atoms with Gasteiger partial charge in [-0.15, -0.1) is 16.7 Å². The van der Waals surface area contributed by atoms with E-state index >= 15 is 0 Å². The lowest BCUT2D eigenvalue weighted by molar-refractivity contribution is -0.118. The molecule has 2 aromatic rings. The van der Waals surface area contributed by atoms with Gasteiger partial charge in [-0.25, -0.2) is 8.42 Å². The molecule has 0 bridgehead atoms. The average Bonchev–Trinajstić information content (AvgIpc) is 2.94. The summed E-state index contributed by atoms with van der Waals surface area (Å²) >= 11 is 11.1. The number of halogens is 2. The Hall–Kier alpha value is -1.64. The van der Waals surface area contributed by atoms with E-state index in [1.54, 1.807) is 18.2 Å². The Balaban J connectivity index is 2.10. The van der Waals surface area contributed by atoms with Crippen molar-refractivity contribution in [3.63, 3.8) is 0 Å². The number of benzene rings is 1. The molecule has 10 heteroatoms. The first-order chi connectivity index (χ1) is 10.4. The van der Waals surface area contributed by atoms with Crippen molar-refractivity contribution in [3.8, 4) is 0 Å². The molecule has 118 valence electrons. The van der Waals surface area contributed by atoms with Crippen LogP contribution in [0.4, 0.5) is 0 Å². The van der Waals surface area contributed by atoms with E-state index in [9.17, 15) is 13.2 Å². The van der Waals surface area contributed by atoms with Crippen molar-refractivity contribution in [2.24, 2.45) is 0 Å². The molecule has 0 atom stereocenters. The summed E-state index contributed by atoms with van der Waals surface area (Å²) in [7, 11) is -3.79. The summed E-state index contributed by atoms with van der Waals surface area (Å²) < 4.78 is 29.4. The predicted molar refractivity (Wildman–Crippen MR) is 79.2 cm³/mol. The van der Waals surface area contributed by atoms with E-state index in [-0.39, 0.29) is 24.1 Å². The van der Waals surface area contributed by atoms with Gasteiger partial charge in [-0.3, -0.25) is 4.79 Å². The van der Waals surface area contributed by atoms with Crippen LogP contribution in [0.3, 0.4) is 0 Å². The summed E-state index contributed by atoms with van der Waals surface area (Å²) in [5, 5.41) is 9.37. The van der Waals surface area contributed by atoms with Crippen LogP contribution in [-0.4, -0.2) is 30.4 Å². The fraction of sp³-hybridized carbons (Fsp3) is 0.250. The smallest absolute Gasteiger partial charge is 0.335 e. The lowest BCUT2D eigenvalue weighted by Gasteiger charge is -2.01. The van der Waals surface area contributed by atoms with Gasteiger partial charge in [0, 0.05) is 5.02 Å². The normalized spacial score (nSPS) is 11.4. The van der Waals surface area contributed by atoms with E-state index in [0.29, 0.717) is 10.6 Å². The maximum atomic E-state index is 12.2. The maximum Gasteiger partial charge on any atom is 0.335 e. The highest BCUT2D eigenvalue weighted by Crippen LogP contribution is 2.18. The highest BCUT2D eigenvalue weighted by molar-refractivity contribution is 7.90. The van der Waals surface area contributed by atoms with Crippen molar-refractivity contribution in [3.05, 3.63) is 40.7 Å². The van der Waals surface area contributed by atoms with Crippen LogP contribution in [0.5, 0.6) is 0 Å². The summed E-state index contributed by atoms with van der Waals surface area (Å²) in [6, 6.07) is 6.45. The molecule has 22 heavy (non-hydrogen) atoms. The van der Waals surface area contributed by atoms with Crippen LogP contribution in [0, 0.1) is 0 Å². The number of aromatic nitrogens is 2. The van der Waals surface area contributed by atoms with Crippen molar-refractivity contribution < 1.29 is 17.6 Å². The number of alkyl halides is 1. The van der Waals surface area contributed by atoms with Gasteiger partial charge >= 0.3 is 5.22 Å². The number of carbonyl (C=O) groups is 1. The number of nitrogens with zero attached hydrogens (tertiary/aromatic N) is 2. The SMILES string of the molecule is O=C(CCl)NCc1nnc(S(=O)(=O)Cc2cccc(Cl)c2)o1. The molecule has 0 unspecified atom stereocenters. The van der Waals surface area contributed by atoms with E-state index in [0.717, 1.165) is 0 Å². The van der Waals surface area contributed by atoms with Gasteiger partial charge < -0.3 is 9.73 Å². The zero-order valence-electron chi connectivity index (χ0n) is 11.1. The zero-order chi connectivity index (χ0) is 16.2. The molecule has 0 fully saturated rings. The topological polar surface area (TPSA) is 102 Å². The second-order valence-electron chi connectivity index (χ2n) is 4.26. The van der Waals surface area contributed by atoms with Crippen LogP contribution in [0.15, 0.2) is 33.9 Å². The monoisotopic (exact) mass is 363 g/mol. The minimum Gasteiger partial charge on any atom is -0.411 e. The van der Waals surface area contributed by atoms with Gasteiger partial charge in [-0.05, 0) is 17.7 Å². The largest absolute Gasteiger partial charge is 0.411 e. The zero-order valence-corrected chi connectivity index (χ0v) is 13.5. The molecule has 7 nitrogen and oxygen atoms in total. The molecule has 0 aliphatic rings. The van der Waals surface area contributed by atoms with Crippen LogP contribution in [0.25, 0.3) is 0 Å². The predicted octanol–water partition coefficient (Wildman–Crippen LogP) is 1.55. The van der Waals surface area contributed by atoms with Gasteiger partial charge in [0.2, 0.25) is 21.6 Å². The number of amides is 1. The standard InChI is InChI=1S/C12H11Cl2N3O4S/c13-5-10(18)15-6-11-16-17-12(21-11)22(19,20)7-8-2-1-3-9(14)4-8/h1-4H,5-7H2,(H,15,18). The first-order valence-electron chi connectivity index (χ1n) is 6.03. The van der Waals surface area contributed by atoms with Gasteiger partial charge in [-0.2, -0.15) is 0 Å². The van der Waals surface area contributed by atoms with Crippen molar-refractivity contribution in [2.75, 3.05) is 5.88 Å². The number of carbonyl (C=O) groups excluding carboxylic acids is 1. The van der Waals surface area contributed by atoms with E-state index in [1.807, 2.05) is 0 Å². The summed E-state index contributed by atoms with van der Waals surface area (Å²) in [6.07, 6.45) is 0. The molecule has 0 spiro atoms. The Morgan fingerprint density at radius 2 is 2.09 bits per heavy atom. The minimum atomic E-state index is -3.79. The fourth-order valence-electron chi connectivity index (χ4n) is 1.56. The molecule has 1 heterocycles. The first-order valence-corrected chi connectivity index (χ1v) is 8.59. The van der Waals surface area contributed by atoms with Crippen molar-refractivity contribution in [1.82, 2.24) is 15.5 Å². The number of rotatable bonds is 6. The molecule has 1 aromatic heterocycles. The van der Waals surface area contributed by atoms with E-state index in [2.05, 4.69) is 15.5 Å². The number of hydrogen-bond donors (Lipinski definition) is 1. The Kier molecular flexibility index (Phi) is 5.38. The van der Waals surface area contributed by atoms with Crippen molar-refractivity contribution in [2.45, 2.75) is 17.5 Å². The average molecular weight is 364 g/mol. The van der Waals surface area contributed by atoms with Crippen LogP contribution in [0.1, 0.15) is 11.5 Å². The van der Waals surface area contributed by atoms with Gasteiger partial charge in [0.25, 0.3) is 0 Å². The van der Waals surface area contributed by atoms with Crippen LogP contribution >= 0.6 is 23.2 Å². The highest BCUT2D eigenvalue weighted by atomic mass is 35.5. The lowest BCUT2D eigenvalue weighted by atomic mass is 10.2. The quantitative estimate of drug-likeness (QED) is 0.781. The van der Waals surface area contributed by atoms with Crippen molar-refractivity contribution in [1.29, 1.82) is 0 Å². The van der Waals surface area contributed by atoms with E-state index < -0.39 is 21.0 Å².